The van der Waals surface area contributed by atoms with Crippen LogP contribution in [-0.2, 0) is 13.0 Å². The summed E-state index contributed by atoms with van der Waals surface area (Å²) in [5, 5.41) is 5.04. The Morgan fingerprint density at radius 1 is 1.11 bits per heavy atom. The molecule has 1 aromatic heterocycles. The molecule has 0 amide bonds. The Morgan fingerprint density at radius 2 is 1.95 bits per heavy atom. The molecule has 0 bridgehead atoms. The molecule has 5 rings (SSSR count). The van der Waals surface area contributed by atoms with Crippen molar-refractivity contribution in [2.75, 3.05) is 13.9 Å². The molecule has 1 aliphatic rings. The summed E-state index contributed by atoms with van der Waals surface area (Å²) in [6.07, 6.45) is 4.15. The predicted octanol–water partition coefficient (Wildman–Crippen LogP) is 6.46. The highest BCUT2D eigenvalue weighted by atomic mass is 79.9. The van der Waals surface area contributed by atoms with Crippen LogP contribution < -0.4 is 24.5 Å². The highest BCUT2D eigenvalue weighted by molar-refractivity contribution is 9.10. The van der Waals surface area contributed by atoms with Gasteiger partial charge in [0.05, 0.1) is 28.7 Å². The third-order valence-electron chi connectivity index (χ3n) is 6.02. The van der Waals surface area contributed by atoms with Crippen LogP contribution in [0.3, 0.4) is 0 Å². The SMILES string of the molecule is CCCCc1nc2ccc(Br)cc2c(=O)n1N=Cc1cc(Br)c(OCc2ccc3c(c2)OCO3)c(OC)c1. The van der Waals surface area contributed by atoms with Crippen molar-refractivity contribution in [2.24, 2.45) is 5.10 Å². The molecule has 1 aliphatic heterocycles. The van der Waals surface area contributed by atoms with Gasteiger partial charge in [-0.25, -0.2) is 4.98 Å². The van der Waals surface area contributed by atoms with Crippen LogP contribution in [0, 0.1) is 0 Å². The Bertz CT molecular complexity index is 1590. The number of hydrogen-bond donors (Lipinski definition) is 0. The van der Waals surface area contributed by atoms with Gasteiger partial charge in [-0.15, -0.1) is 0 Å². The molecule has 196 valence electrons. The summed E-state index contributed by atoms with van der Waals surface area (Å²) in [7, 11) is 1.58. The second-order valence-corrected chi connectivity index (χ2v) is 10.4. The molecule has 0 aliphatic carbocycles. The lowest BCUT2D eigenvalue weighted by Crippen LogP contribution is -2.22. The molecule has 0 saturated carbocycles. The van der Waals surface area contributed by atoms with E-state index < -0.39 is 0 Å². The smallest absolute Gasteiger partial charge is 0.282 e. The van der Waals surface area contributed by atoms with Gasteiger partial charge in [-0.3, -0.25) is 4.79 Å². The number of ether oxygens (including phenoxy) is 4. The van der Waals surface area contributed by atoms with Crippen molar-refractivity contribution in [1.82, 2.24) is 9.66 Å². The molecule has 0 saturated heterocycles. The molecule has 2 heterocycles. The van der Waals surface area contributed by atoms with E-state index in [0.717, 1.165) is 34.2 Å². The summed E-state index contributed by atoms with van der Waals surface area (Å²) in [5.41, 5.74) is 2.10. The van der Waals surface area contributed by atoms with Crippen molar-refractivity contribution in [2.45, 2.75) is 32.8 Å². The van der Waals surface area contributed by atoms with Crippen LogP contribution in [0.2, 0.25) is 0 Å². The van der Waals surface area contributed by atoms with Gasteiger partial charge in [0.25, 0.3) is 5.56 Å². The summed E-state index contributed by atoms with van der Waals surface area (Å²) in [4.78, 5) is 18.1. The van der Waals surface area contributed by atoms with Crippen LogP contribution in [-0.4, -0.2) is 29.8 Å². The van der Waals surface area contributed by atoms with Crippen molar-refractivity contribution in [3.05, 3.63) is 84.8 Å². The number of aromatic nitrogens is 2. The quantitative estimate of drug-likeness (QED) is 0.195. The first-order valence-electron chi connectivity index (χ1n) is 12.1. The van der Waals surface area contributed by atoms with E-state index in [0.29, 0.717) is 51.5 Å². The van der Waals surface area contributed by atoms with Crippen molar-refractivity contribution in [3.8, 4) is 23.0 Å². The van der Waals surface area contributed by atoms with Gasteiger partial charge in [-0.1, -0.05) is 35.3 Å². The zero-order valence-corrected chi connectivity index (χ0v) is 24.0. The summed E-state index contributed by atoms with van der Waals surface area (Å²) in [5.74, 6) is 3.13. The summed E-state index contributed by atoms with van der Waals surface area (Å²) in [6, 6.07) is 14.9. The molecule has 0 radical (unpaired) electrons. The number of aryl methyl sites for hydroxylation is 1. The highest BCUT2D eigenvalue weighted by Gasteiger charge is 2.16. The zero-order valence-electron chi connectivity index (χ0n) is 20.9. The first-order chi connectivity index (χ1) is 18.5. The van der Waals surface area contributed by atoms with Gasteiger partial charge in [0.15, 0.2) is 23.0 Å². The molecule has 8 nitrogen and oxygen atoms in total. The summed E-state index contributed by atoms with van der Waals surface area (Å²) >= 11 is 7.04. The molecule has 0 atom stereocenters. The Labute approximate surface area is 236 Å². The Morgan fingerprint density at radius 3 is 2.76 bits per heavy atom. The Kier molecular flexibility index (Phi) is 7.99. The van der Waals surface area contributed by atoms with Gasteiger partial charge in [-0.2, -0.15) is 9.78 Å². The molecule has 0 spiro atoms. The monoisotopic (exact) mass is 641 g/mol. The standard InChI is InChI=1S/C28H25Br2N3O5/c1-3-4-5-26-32-22-8-7-19(29)13-20(22)28(34)33(26)31-14-18-10-21(30)27(25(12-18)35-2)36-15-17-6-9-23-24(11-17)38-16-37-23/h6-14H,3-5,15-16H2,1-2H3. The predicted molar refractivity (Wildman–Crippen MR) is 153 cm³/mol. The molecule has 0 fully saturated rings. The van der Waals surface area contributed by atoms with Crippen molar-refractivity contribution in [3.63, 3.8) is 0 Å². The van der Waals surface area contributed by atoms with E-state index in [4.69, 9.17) is 23.9 Å². The molecular formula is C28H25Br2N3O5. The number of unbranched alkanes of at least 4 members (excludes halogenated alkanes) is 1. The van der Waals surface area contributed by atoms with E-state index in [2.05, 4.69) is 43.9 Å². The molecule has 4 aromatic rings. The number of hydrogen-bond acceptors (Lipinski definition) is 7. The van der Waals surface area contributed by atoms with Gasteiger partial charge < -0.3 is 18.9 Å². The second kappa shape index (κ2) is 11.6. The number of halogens is 2. The maximum atomic E-state index is 13.3. The van der Waals surface area contributed by atoms with E-state index in [1.807, 2.05) is 42.5 Å². The normalized spacial score (nSPS) is 12.4. The van der Waals surface area contributed by atoms with Crippen molar-refractivity contribution < 1.29 is 18.9 Å². The fourth-order valence-electron chi connectivity index (χ4n) is 4.08. The minimum atomic E-state index is -0.214. The first-order valence-corrected chi connectivity index (χ1v) is 13.7. The van der Waals surface area contributed by atoms with Gasteiger partial charge in [0, 0.05) is 10.9 Å². The number of fused-ring (bicyclic) bond motifs is 2. The lowest BCUT2D eigenvalue weighted by atomic mass is 10.2. The van der Waals surface area contributed by atoms with E-state index in [9.17, 15) is 4.79 Å². The van der Waals surface area contributed by atoms with Crippen molar-refractivity contribution in [1.29, 1.82) is 0 Å². The average Bonchev–Trinajstić information content (AvgIpc) is 3.39. The number of rotatable bonds is 9. The third kappa shape index (κ3) is 5.56. The van der Waals surface area contributed by atoms with Gasteiger partial charge in [0.2, 0.25) is 6.79 Å². The second-order valence-electron chi connectivity index (χ2n) is 8.66. The van der Waals surface area contributed by atoms with E-state index >= 15 is 0 Å². The fraction of sp³-hybridized carbons (Fsp3) is 0.250. The molecule has 38 heavy (non-hydrogen) atoms. The van der Waals surface area contributed by atoms with Gasteiger partial charge >= 0.3 is 0 Å². The molecule has 0 N–H and O–H groups in total. The maximum Gasteiger partial charge on any atom is 0.282 e. The topological polar surface area (TPSA) is 84.2 Å². The Balaban J connectivity index is 1.43. The first kappa shape index (κ1) is 26.2. The summed E-state index contributed by atoms with van der Waals surface area (Å²) in [6.45, 7) is 2.64. The largest absolute Gasteiger partial charge is 0.493 e. The van der Waals surface area contributed by atoms with Crippen LogP contribution in [0.25, 0.3) is 10.9 Å². The minimum absolute atomic E-state index is 0.214. The number of nitrogens with zero attached hydrogens (tertiary/aromatic N) is 3. The minimum Gasteiger partial charge on any atom is -0.493 e. The highest BCUT2D eigenvalue weighted by Crippen LogP contribution is 2.38. The summed E-state index contributed by atoms with van der Waals surface area (Å²) < 4.78 is 25.4. The Hall–Kier alpha value is -3.37. The third-order valence-corrected chi connectivity index (χ3v) is 7.11. The van der Waals surface area contributed by atoms with E-state index in [1.165, 1.54) is 4.68 Å². The fourth-order valence-corrected chi connectivity index (χ4v) is 5.01. The van der Waals surface area contributed by atoms with Gasteiger partial charge in [0.1, 0.15) is 12.4 Å². The van der Waals surface area contributed by atoms with Crippen LogP contribution >= 0.6 is 31.9 Å². The lowest BCUT2D eigenvalue weighted by Gasteiger charge is -2.14. The maximum absolute atomic E-state index is 13.3. The van der Waals surface area contributed by atoms with Gasteiger partial charge in [-0.05, 0) is 75.9 Å². The number of methoxy groups -OCH3 is 1. The van der Waals surface area contributed by atoms with E-state index in [-0.39, 0.29) is 12.4 Å². The average molecular weight is 643 g/mol. The zero-order chi connectivity index (χ0) is 26.6. The molecule has 0 unspecified atom stereocenters. The lowest BCUT2D eigenvalue weighted by molar-refractivity contribution is 0.174. The number of benzene rings is 3. The van der Waals surface area contributed by atoms with Crippen LogP contribution in [0.1, 0.15) is 36.7 Å². The van der Waals surface area contributed by atoms with Crippen LogP contribution in [0.15, 0.2) is 67.4 Å². The van der Waals surface area contributed by atoms with Crippen LogP contribution in [0.5, 0.6) is 23.0 Å². The van der Waals surface area contributed by atoms with Crippen LogP contribution in [0.4, 0.5) is 0 Å². The van der Waals surface area contributed by atoms with E-state index in [1.54, 1.807) is 19.4 Å². The molecule has 3 aromatic carbocycles. The van der Waals surface area contributed by atoms with Crippen molar-refractivity contribution >= 4 is 49.0 Å². The molecule has 10 heteroatoms. The molecular weight excluding hydrogens is 618 g/mol.